The number of hydrogen-bond acceptors (Lipinski definition) is 3. The van der Waals surface area contributed by atoms with Gasteiger partial charge in [-0.2, -0.15) is 0 Å². The molecule has 1 amide bonds. The number of rotatable bonds is 5. The third kappa shape index (κ3) is 4.94. The molecule has 110 valence electrons. The molecule has 4 heteroatoms. The fourth-order valence-electron chi connectivity index (χ4n) is 2.63. The maximum Gasteiger partial charge on any atom is 0.218 e. The van der Waals surface area contributed by atoms with Crippen LogP contribution in [0.1, 0.15) is 24.0 Å². The van der Waals surface area contributed by atoms with Gasteiger partial charge < -0.3 is 10.6 Å². The Bertz CT molecular complexity index is 430. The molecule has 2 N–H and O–H groups in total. The topological polar surface area (TPSA) is 49.6 Å². The average molecular weight is 275 g/mol. The summed E-state index contributed by atoms with van der Waals surface area (Å²) in [6.07, 6.45) is 1.63. The van der Waals surface area contributed by atoms with Gasteiger partial charge in [-0.15, -0.1) is 0 Å². The first-order chi connectivity index (χ1) is 9.63. The van der Waals surface area contributed by atoms with Crippen molar-refractivity contribution in [2.75, 3.05) is 32.7 Å². The monoisotopic (exact) mass is 275 g/mol. The van der Waals surface area contributed by atoms with E-state index >= 15 is 0 Å². The van der Waals surface area contributed by atoms with E-state index in [0.717, 1.165) is 45.7 Å². The highest BCUT2D eigenvalue weighted by Crippen LogP contribution is 2.10. The Morgan fingerprint density at radius 2 is 1.75 bits per heavy atom. The minimum Gasteiger partial charge on any atom is -0.370 e. The zero-order valence-corrected chi connectivity index (χ0v) is 12.3. The number of carbonyl (C=O) groups excluding carboxylic acids is 1. The van der Waals surface area contributed by atoms with Crippen molar-refractivity contribution in [2.24, 2.45) is 5.73 Å². The van der Waals surface area contributed by atoms with Gasteiger partial charge in [-0.05, 0) is 32.0 Å². The maximum absolute atomic E-state index is 10.8. The SMILES string of the molecule is Cc1ccc(CN2CCCN(CCC(N)=O)CC2)cc1. The summed E-state index contributed by atoms with van der Waals surface area (Å²) in [5.74, 6) is -0.203. The Labute approximate surface area is 121 Å². The molecule has 0 atom stereocenters. The number of carbonyl (C=O) groups is 1. The summed E-state index contributed by atoms with van der Waals surface area (Å²) in [4.78, 5) is 15.7. The van der Waals surface area contributed by atoms with Crippen LogP contribution in [0.3, 0.4) is 0 Å². The van der Waals surface area contributed by atoms with Crippen LogP contribution < -0.4 is 5.73 Å². The number of nitrogens with zero attached hydrogens (tertiary/aromatic N) is 2. The van der Waals surface area contributed by atoms with Crippen molar-refractivity contribution in [1.29, 1.82) is 0 Å². The van der Waals surface area contributed by atoms with Crippen LogP contribution >= 0.6 is 0 Å². The zero-order valence-electron chi connectivity index (χ0n) is 12.3. The minimum atomic E-state index is -0.203. The Morgan fingerprint density at radius 1 is 1.10 bits per heavy atom. The molecule has 1 saturated heterocycles. The lowest BCUT2D eigenvalue weighted by Crippen LogP contribution is -2.32. The Hall–Kier alpha value is -1.39. The maximum atomic E-state index is 10.8. The van der Waals surface area contributed by atoms with E-state index in [1.54, 1.807) is 0 Å². The van der Waals surface area contributed by atoms with Crippen molar-refractivity contribution in [3.8, 4) is 0 Å². The van der Waals surface area contributed by atoms with Crippen LogP contribution in [0.5, 0.6) is 0 Å². The molecule has 1 aliphatic heterocycles. The van der Waals surface area contributed by atoms with Gasteiger partial charge in [0, 0.05) is 32.6 Å². The van der Waals surface area contributed by atoms with E-state index < -0.39 is 0 Å². The van der Waals surface area contributed by atoms with Gasteiger partial charge in [-0.25, -0.2) is 0 Å². The molecular weight excluding hydrogens is 250 g/mol. The molecule has 1 heterocycles. The molecule has 20 heavy (non-hydrogen) atoms. The molecule has 4 nitrogen and oxygen atoms in total. The lowest BCUT2D eigenvalue weighted by Gasteiger charge is -2.21. The third-order valence-electron chi connectivity index (χ3n) is 3.88. The molecule has 0 spiro atoms. The van der Waals surface area contributed by atoms with Crippen LogP contribution in [0.2, 0.25) is 0 Å². The fourth-order valence-corrected chi connectivity index (χ4v) is 2.63. The largest absolute Gasteiger partial charge is 0.370 e. The predicted molar refractivity (Wildman–Crippen MR) is 81.3 cm³/mol. The second kappa shape index (κ2) is 7.41. The highest BCUT2D eigenvalue weighted by molar-refractivity contribution is 5.73. The Balaban J connectivity index is 1.80. The highest BCUT2D eigenvalue weighted by atomic mass is 16.1. The van der Waals surface area contributed by atoms with Crippen LogP contribution in [-0.2, 0) is 11.3 Å². The second-order valence-corrected chi connectivity index (χ2v) is 5.67. The van der Waals surface area contributed by atoms with Crippen molar-refractivity contribution in [3.63, 3.8) is 0 Å². The molecule has 1 fully saturated rings. The van der Waals surface area contributed by atoms with Gasteiger partial charge in [-0.3, -0.25) is 9.69 Å². The van der Waals surface area contributed by atoms with Crippen molar-refractivity contribution < 1.29 is 4.79 Å². The van der Waals surface area contributed by atoms with Gasteiger partial charge in [0.2, 0.25) is 5.91 Å². The predicted octanol–water partition coefficient (Wildman–Crippen LogP) is 1.38. The highest BCUT2D eigenvalue weighted by Gasteiger charge is 2.15. The van der Waals surface area contributed by atoms with Gasteiger partial charge >= 0.3 is 0 Å². The van der Waals surface area contributed by atoms with Gasteiger partial charge in [0.1, 0.15) is 0 Å². The number of benzene rings is 1. The lowest BCUT2D eigenvalue weighted by atomic mass is 10.1. The van der Waals surface area contributed by atoms with Gasteiger partial charge in [0.15, 0.2) is 0 Å². The molecule has 0 bridgehead atoms. The van der Waals surface area contributed by atoms with Crippen molar-refractivity contribution >= 4 is 5.91 Å². The van der Waals surface area contributed by atoms with Crippen molar-refractivity contribution in [2.45, 2.75) is 26.3 Å². The molecule has 1 aromatic carbocycles. The van der Waals surface area contributed by atoms with Crippen LogP contribution in [0.25, 0.3) is 0 Å². The molecule has 0 unspecified atom stereocenters. The first-order valence-electron chi connectivity index (χ1n) is 7.42. The summed E-state index contributed by atoms with van der Waals surface area (Å²) in [5.41, 5.74) is 7.90. The van der Waals surface area contributed by atoms with Gasteiger partial charge in [0.05, 0.1) is 0 Å². The summed E-state index contributed by atoms with van der Waals surface area (Å²) in [6, 6.07) is 8.77. The van der Waals surface area contributed by atoms with Gasteiger partial charge in [-0.1, -0.05) is 29.8 Å². The molecule has 0 aliphatic carbocycles. The van der Waals surface area contributed by atoms with E-state index in [2.05, 4.69) is 41.0 Å². The van der Waals surface area contributed by atoms with Crippen LogP contribution in [0, 0.1) is 6.92 Å². The number of nitrogens with two attached hydrogens (primary N) is 1. The Morgan fingerprint density at radius 3 is 2.45 bits per heavy atom. The number of primary amides is 1. The first kappa shape index (κ1) is 15.0. The third-order valence-corrected chi connectivity index (χ3v) is 3.88. The molecule has 1 aromatic rings. The van der Waals surface area contributed by atoms with Crippen LogP contribution in [-0.4, -0.2) is 48.4 Å². The molecule has 0 aromatic heterocycles. The van der Waals surface area contributed by atoms with Gasteiger partial charge in [0.25, 0.3) is 0 Å². The minimum absolute atomic E-state index is 0.203. The van der Waals surface area contributed by atoms with Crippen molar-refractivity contribution in [3.05, 3.63) is 35.4 Å². The fraction of sp³-hybridized carbons (Fsp3) is 0.562. The Kier molecular flexibility index (Phi) is 5.56. The normalized spacial score (nSPS) is 17.9. The van der Waals surface area contributed by atoms with E-state index in [-0.39, 0.29) is 5.91 Å². The summed E-state index contributed by atoms with van der Waals surface area (Å²) < 4.78 is 0. The molecule has 0 radical (unpaired) electrons. The van der Waals surface area contributed by atoms with E-state index in [1.807, 2.05) is 0 Å². The van der Waals surface area contributed by atoms with E-state index in [0.29, 0.717) is 6.42 Å². The summed E-state index contributed by atoms with van der Waals surface area (Å²) in [5, 5.41) is 0. The quantitative estimate of drug-likeness (QED) is 0.883. The number of hydrogen-bond donors (Lipinski definition) is 1. The molecule has 1 aliphatic rings. The first-order valence-corrected chi connectivity index (χ1v) is 7.42. The van der Waals surface area contributed by atoms with E-state index in [9.17, 15) is 4.79 Å². The van der Waals surface area contributed by atoms with E-state index in [4.69, 9.17) is 5.73 Å². The lowest BCUT2D eigenvalue weighted by molar-refractivity contribution is -0.118. The zero-order chi connectivity index (χ0) is 14.4. The summed E-state index contributed by atoms with van der Waals surface area (Å²) >= 11 is 0. The number of aryl methyl sites for hydroxylation is 1. The van der Waals surface area contributed by atoms with Crippen LogP contribution in [0.4, 0.5) is 0 Å². The van der Waals surface area contributed by atoms with Crippen molar-refractivity contribution in [1.82, 2.24) is 9.80 Å². The summed E-state index contributed by atoms with van der Waals surface area (Å²) in [7, 11) is 0. The summed E-state index contributed by atoms with van der Waals surface area (Å²) in [6.45, 7) is 8.22. The second-order valence-electron chi connectivity index (χ2n) is 5.67. The standard InChI is InChI=1S/C16H25N3O/c1-14-3-5-15(6-4-14)13-19-9-2-8-18(11-12-19)10-7-16(17)20/h3-6H,2,7-13H2,1H3,(H2,17,20). The molecule has 0 saturated carbocycles. The van der Waals surface area contributed by atoms with E-state index in [1.165, 1.54) is 11.1 Å². The number of amides is 1. The smallest absolute Gasteiger partial charge is 0.218 e. The van der Waals surface area contributed by atoms with Crippen LogP contribution in [0.15, 0.2) is 24.3 Å². The molecular formula is C16H25N3O. The molecule has 2 rings (SSSR count). The average Bonchev–Trinajstić information content (AvgIpc) is 2.64.